The third-order valence-corrected chi connectivity index (χ3v) is 3.76. The van der Waals surface area contributed by atoms with E-state index in [4.69, 9.17) is 14.2 Å². The van der Waals surface area contributed by atoms with Crippen molar-refractivity contribution in [2.45, 2.75) is 19.9 Å². The van der Waals surface area contributed by atoms with E-state index in [0.29, 0.717) is 18.0 Å². The average Bonchev–Trinajstić information content (AvgIpc) is 2.60. The van der Waals surface area contributed by atoms with E-state index in [1.165, 1.54) is 0 Å². The van der Waals surface area contributed by atoms with Gasteiger partial charge in [-0.25, -0.2) is 0 Å². The number of amides is 1. The van der Waals surface area contributed by atoms with Crippen molar-refractivity contribution in [2.75, 3.05) is 21.3 Å². The molecule has 2 aromatic carbocycles. The fraction of sp³-hybridized carbons (Fsp3) is 0.316. The number of hydrogen-bond acceptors (Lipinski definition) is 4. The first-order valence-corrected chi connectivity index (χ1v) is 7.68. The van der Waals surface area contributed by atoms with Crippen LogP contribution in [0.4, 0.5) is 0 Å². The number of hydrogen-bond donors (Lipinski definition) is 1. The van der Waals surface area contributed by atoms with Gasteiger partial charge >= 0.3 is 0 Å². The van der Waals surface area contributed by atoms with Crippen LogP contribution in [0.5, 0.6) is 17.2 Å². The van der Waals surface area contributed by atoms with Gasteiger partial charge in [-0.15, -0.1) is 0 Å². The molecule has 2 aromatic rings. The van der Waals surface area contributed by atoms with Crippen LogP contribution in [0.1, 0.15) is 16.7 Å². The SMILES string of the molecule is COc1ccc(CNC(=O)Cc2ccc(OC)c(OC)c2)cc1C. The Morgan fingerprint density at radius 3 is 2.12 bits per heavy atom. The summed E-state index contributed by atoms with van der Waals surface area (Å²) in [7, 11) is 4.81. The zero-order valence-corrected chi connectivity index (χ0v) is 14.5. The van der Waals surface area contributed by atoms with Crippen LogP contribution in [0.3, 0.4) is 0 Å². The molecule has 0 saturated heterocycles. The van der Waals surface area contributed by atoms with Gasteiger partial charge in [0.1, 0.15) is 5.75 Å². The summed E-state index contributed by atoms with van der Waals surface area (Å²) in [5, 5.41) is 2.93. The van der Waals surface area contributed by atoms with E-state index < -0.39 is 0 Å². The number of carbonyl (C=O) groups excluding carboxylic acids is 1. The molecule has 0 aliphatic carbocycles. The number of aryl methyl sites for hydroxylation is 1. The Kier molecular flexibility index (Phi) is 6.07. The summed E-state index contributed by atoms with van der Waals surface area (Å²) < 4.78 is 15.7. The van der Waals surface area contributed by atoms with E-state index in [0.717, 1.165) is 22.4 Å². The molecule has 2 rings (SSSR count). The van der Waals surface area contributed by atoms with E-state index in [2.05, 4.69) is 5.32 Å². The molecule has 0 spiro atoms. The van der Waals surface area contributed by atoms with E-state index >= 15 is 0 Å². The van der Waals surface area contributed by atoms with E-state index in [9.17, 15) is 4.79 Å². The van der Waals surface area contributed by atoms with E-state index in [-0.39, 0.29) is 12.3 Å². The van der Waals surface area contributed by atoms with Crippen molar-refractivity contribution in [2.24, 2.45) is 0 Å². The molecular formula is C19H23NO4. The first-order valence-electron chi connectivity index (χ1n) is 7.68. The van der Waals surface area contributed by atoms with Crippen LogP contribution in [0.2, 0.25) is 0 Å². The monoisotopic (exact) mass is 329 g/mol. The normalized spacial score (nSPS) is 10.2. The first-order chi connectivity index (χ1) is 11.6. The van der Waals surface area contributed by atoms with Crippen LogP contribution in [0, 0.1) is 6.92 Å². The summed E-state index contributed by atoms with van der Waals surface area (Å²) >= 11 is 0. The topological polar surface area (TPSA) is 56.8 Å². The second-order valence-electron chi connectivity index (χ2n) is 5.45. The van der Waals surface area contributed by atoms with Gasteiger partial charge in [0, 0.05) is 6.54 Å². The number of carbonyl (C=O) groups is 1. The first kappa shape index (κ1) is 17.7. The number of nitrogens with one attached hydrogen (secondary N) is 1. The molecule has 5 nitrogen and oxygen atoms in total. The van der Waals surface area contributed by atoms with Gasteiger partial charge in [0.25, 0.3) is 0 Å². The lowest BCUT2D eigenvalue weighted by Gasteiger charge is -2.11. The second-order valence-corrected chi connectivity index (χ2v) is 5.45. The van der Waals surface area contributed by atoms with E-state index in [1.54, 1.807) is 27.4 Å². The lowest BCUT2D eigenvalue weighted by molar-refractivity contribution is -0.120. The minimum atomic E-state index is -0.0457. The van der Waals surface area contributed by atoms with Crippen molar-refractivity contribution in [3.8, 4) is 17.2 Å². The maximum atomic E-state index is 12.1. The van der Waals surface area contributed by atoms with Gasteiger partial charge in [-0.05, 0) is 41.8 Å². The number of rotatable bonds is 7. The molecule has 0 radical (unpaired) electrons. The molecule has 0 saturated carbocycles. The third-order valence-electron chi connectivity index (χ3n) is 3.76. The molecule has 0 aliphatic heterocycles. The smallest absolute Gasteiger partial charge is 0.224 e. The highest BCUT2D eigenvalue weighted by Crippen LogP contribution is 2.27. The molecular weight excluding hydrogens is 306 g/mol. The zero-order chi connectivity index (χ0) is 17.5. The van der Waals surface area contributed by atoms with Gasteiger partial charge in [0.15, 0.2) is 11.5 Å². The molecule has 0 aliphatic rings. The van der Waals surface area contributed by atoms with Gasteiger partial charge in [-0.2, -0.15) is 0 Å². The summed E-state index contributed by atoms with van der Waals surface area (Å²) in [6.07, 6.45) is 0.287. The van der Waals surface area contributed by atoms with Crippen LogP contribution < -0.4 is 19.5 Å². The fourth-order valence-electron chi connectivity index (χ4n) is 2.49. The van der Waals surface area contributed by atoms with Crippen molar-refractivity contribution in [1.82, 2.24) is 5.32 Å². The molecule has 0 heterocycles. The largest absolute Gasteiger partial charge is 0.496 e. The molecule has 5 heteroatoms. The maximum Gasteiger partial charge on any atom is 0.224 e. The van der Waals surface area contributed by atoms with E-state index in [1.807, 2.05) is 37.3 Å². The summed E-state index contributed by atoms with van der Waals surface area (Å²) in [5.74, 6) is 2.06. The maximum absolute atomic E-state index is 12.1. The average molecular weight is 329 g/mol. The van der Waals surface area contributed by atoms with Gasteiger partial charge < -0.3 is 19.5 Å². The van der Waals surface area contributed by atoms with Gasteiger partial charge in [0.05, 0.1) is 27.8 Å². The summed E-state index contributed by atoms with van der Waals surface area (Å²) in [6, 6.07) is 11.3. The highest BCUT2D eigenvalue weighted by molar-refractivity contribution is 5.78. The molecule has 0 fully saturated rings. The van der Waals surface area contributed by atoms with Crippen LogP contribution >= 0.6 is 0 Å². The summed E-state index contributed by atoms with van der Waals surface area (Å²) in [6.45, 7) is 2.46. The van der Waals surface area contributed by atoms with Crippen molar-refractivity contribution < 1.29 is 19.0 Å². The Morgan fingerprint density at radius 1 is 0.875 bits per heavy atom. The van der Waals surface area contributed by atoms with Crippen molar-refractivity contribution >= 4 is 5.91 Å². The second kappa shape index (κ2) is 8.24. The van der Waals surface area contributed by atoms with Crippen LogP contribution in [-0.2, 0) is 17.8 Å². The lowest BCUT2D eigenvalue weighted by atomic mass is 10.1. The van der Waals surface area contributed by atoms with Crippen LogP contribution in [-0.4, -0.2) is 27.2 Å². The predicted molar refractivity (Wildman–Crippen MR) is 92.8 cm³/mol. The zero-order valence-electron chi connectivity index (χ0n) is 14.5. The van der Waals surface area contributed by atoms with Crippen molar-refractivity contribution in [1.29, 1.82) is 0 Å². The van der Waals surface area contributed by atoms with Gasteiger partial charge in [-0.1, -0.05) is 18.2 Å². The van der Waals surface area contributed by atoms with Crippen LogP contribution in [0.25, 0.3) is 0 Å². The molecule has 0 aromatic heterocycles. The number of benzene rings is 2. The Morgan fingerprint density at radius 2 is 1.50 bits per heavy atom. The quantitative estimate of drug-likeness (QED) is 0.848. The number of methoxy groups -OCH3 is 3. The third kappa shape index (κ3) is 4.41. The Balaban J connectivity index is 1.95. The summed E-state index contributed by atoms with van der Waals surface area (Å²) in [4.78, 5) is 12.1. The Bertz CT molecular complexity index is 713. The van der Waals surface area contributed by atoms with Crippen molar-refractivity contribution in [3.05, 3.63) is 53.1 Å². The van der Waals surface area contributed by atoms with Crippen molar-refractivity contribution in [3.63, 3.8) is 0 Å². The molecule has 1 N–H and O–H groups in total. The molecule has 0 unspecified atom stereocenters. The van der Waals surface area contributed by atoms with Gasteiger partial charge in [-0.3, -0.25) is 4.79 Å². The Hall–Kier alpha value is -2.69. The predicted octanol–water partition coefficient (Wildman–Crippen LogP) is 2.88. The summed E-state index contributed by atoms with van der Waals surface area (Å²) in [5.41, 5.74) is 2.95. The lowest BCUT2D eigenvalue weighted by Crippen LogP contribution is -2.24. The molecule has 1 amide bonds. The Labute approximate surface area is 142 Å². The number of ether oxygens (including phenoxy) is 3. The standard InChI is InChI=1S/C19H23NO4/c1-13-9-15(6-7-16(13)22-2)12-20-19(21)11-14-5-8-17(23-3)18(10-14)24-4/h5-10H,11-12H2,1-4H3,(H,20,21). The van der Waals surface area contributed by atoms with Crippen LogP contribution in [0.15, 0.2) is 36.4 Å². The highest BCUT2D eigenvalue weighted by atomic mass is 16.5. The molecule has 0 atom stereocenters. The molecule has 128 valence electrons. The molecule has 0 bridgehead atoms. The van der Waals surface area contributed by atoms with Gasteiger partial charge in [0.2, 0.25) is 5.91 Å². The fourth-order valence-corrected chi connectivity index (χ4v) is 2.49. The molecule has 24 heavy (non-hydrogen) atoms. The minimum absolute atomic E-state index is 0.0457. The minimum Gasteiger partial charge on any atom is -0.496 e. The highest BCUT2D eigenvalue weighted by Gasteiger charge is 2.09.